The molecule has 0 aromatic heterocycles. The molecule has 1 spiro atoms. The molecule has 2 amide bonds. The Balaban J connectivity index is 2.10. The maximum atomic E-state index is 14.4. The van der Waals surface area contributed by atoms with Crippen LogP contribution in [-0.2, 0) is 19.1 Å². The summed E-state index contributed by atoms with van der Waals surface area (Å²) in [6.07, 6.45) is 6.30. The number of ether oxygens (including phenoxy) is 1. The van der Waals surface area contributed by atoms with Crippen molar-refractivity contribution in [3.63, 3.8) is 0 Å². The SMILES string of the molecule is C=CCCOC(=O)[C@H]1[C@@H]2SC3(CC2Br)C(C(=O)N(CC=C)C(C)CCC)N([C@@H](CO)C(C)C)C(=O)[C@H]13. The van der Waals surface area contributed by atoms with E-state index in [2.05, 4.69) is 36.0 Å². The molecule has 3 heterocycles. The van der Waals surface area contributed by atoms with Gasteiger partial charge in [-0.1, -0.05) is 55.3 Å². The van der Waals surface area contributed by atoms with Gasteiger partial charge in [-0.25, -0.2) is 0 Å². The van der Waals surface area contributed by atoms with Crippen molar-refractivity contribution in [2.24, 2.45) is 17.8 Å². The number of likely N-dealkylation sites (tertiary alicyclic amines) is 1. The first-order chi connectivity index (χ1) is 17.1. The van der Waals surface area contributed by atoms with Gasteiger partial charge < -0.3 is 19.6 Å². The van der Waals surface area contributed by atoms with Crippen molar-refractivity contribution in [1.82, 2.24) is 9.80 Å². The number of hydrogen-bond acceptors (Lipinski definition) is 6. The van der Waals surface area contributed by atoms with Crippen LogP contribution >= 0.6 is 27.7 Å². The summed E-state index contributed by atoms with van der Waals surface area (Å²) in [5.74, 6) is -2.10. The van der Waals surface area contributed by atoms with Crippen LogP contribution in [0, 0.1) is 17.8 Å². The van der Waals surface area contributed by atoms with Gasteiger partial charge in [-0.15, -0.1) is 24.9 Å². The lowest BCUT2D eigenvalue weighted by atomic mass is 9.71. The Kier molecular flexibility index (Phi) is 9.77. The predicted octanol–water partition coefficient (Wildman–Crippen LogP) is 3.79. The molecule has 0 saturated carbocycles. The average molecular weight is 586 g/mol. The molecule has 7 nitrogen and oxygen atoms in total. The molecular formula is C27H41BrN2O5S. The van der Waals surface area contributed by atoms with Crippen molar-refractivity contribution in [2.75, 3.05) is 19.8 Å². The summed E-state index contributed by atoms with van der Waals surface area (Å²) in [7, 11) is 0. The summed E-state index contributed by atoms with van der Waals surface area (Å²) in [6, 6.07) is -1.32. The fourth-order valence-electron chi connectivity index (χ4n) is 6.29. The van der Waals surface area contributed by atoms with Crippen LogP contribution in [0.15, 0.2) is 25.3 Å². The maximum Gasteiger partial charge on any atom is 0.310 e. The summed E-state index contributed by atoms with van der Waals surface area (Å²) in [4.78, 5) is 45.3. The van der Waals surface area contributed by atoms with Gasteiger partial charge in [0.15, 0.2) is 0 Å². The Morgan fingerprint density at radius 2 is 2.03 bits per heavy atom. The molecule has 8 atom stereocenters. The van der Waals surface area contributed by atoms with E-state index in [1.165, 1.54) is 0 Å². The number of rotatable bonds is 13. The number of alkyl halides is 1. The number of halogens is 1. The fraction of sp³-hybridized carbons (Fsp3) is 0.741. The Morgan fingerprint density at radius 3 is 2.58 bits per heavy atom. The quantitative estimate of drug-likeness (QED) is 0.153. The summed E-state index contributed by atoms with van der Waals surface area (Å²) in [5.41, 5.74) is 0. The number of fused-ring (bicyclic) bond motifs is 1. The lowest BCUT2D eigenvalue weighted by Crippen LogP contribution is -2.59. The van der Waals surface area contributed by atoms with Gasteiger partial charge in [0.05, 0.1) is 35.8 Å². The van der Waals surface area contributed by atoms with Crippen molar-refractivity contribution in [3.05, 3.63) is 25.3 Å². The van der Waals surface area contributed by atoms with Gasteiger partial charge in [-0.3, -0.25) is 14.4 Å². The lowest BCUT2D eigenvalue weighted by molar-refractivity contribution is -0.154. The number of carbonyl (C=O) groups excluding carboxylic acids is 3. The minimum absolute atomic E-state index is 0.0219. The molecule has 0 aromatic rings. The van der Waals surface area contributed by atoms with Crippen LogP contribution < -0.4 is 0 Å². The Hall–Kier alpha value is -1.32. The molecule has 3 saturated heterocycles. The number of thioether (sulfide) groups is 1. The smallest absolute Gasteiger partial charge is 0.310 e. The number of nitrogens with zero attached hydrogens (tertiary/aromatic N) is 2. The Labute approximate surface area is 228 Å². The minimum atomic E-state index is -0.769. The van der Waals surface area contributed by atoms with Crippen molar-refractivity contribution in [1.29, 1.82) is 0 Å². The highest BCUT2D eigenvalue weighted by molar-refractivity contribution is 9.09. The monoisotopic (exact) mass is 584 g/mol. The molecule has 0 radical (unpaired) electrons. The molecule has 4 unspecified atom stereocenters. The van der Waals surface area contributed by atoms with Gasteiger partial charge in [0, 0.05) is 22.7 Å². The van der Waals surface area contributed by atoms with Gasteiger partial charge in [-0.05, 0) is 32.1 Å². The molecule has 9 heteroatoms. The number of hydrogen-bond donors (Lipinski definition) is 1. The van der Waals surface area contributed by atoms with Crippen LogP contribution in [0.25, 0.3) is 0 Å². The Morgan fingerprint density at radius 1 is 1.33 bits per heavy atom. The van der Waals surface area contributed by atoms with Crippen LogP contribution in [0.3, 0.4) is 0 Å². The average Bonchev–Trinajstić information content (AvgIpc) is 3.41. The molecule has 3 rings (SSSR count). The van der Waals surface area contributed by atoms with E-state index in [4.69, 9.17) is 4.74 Å². The molecule has 36 heavy (non-hydrogen) atoms. The molecule has 3 aliphatic heterocycles. The van der Waals surface area contributed by atoms with E-state index in [0.29, 0.717) is 19.4 Å². The van der Waals surface area contributed by atoms with E-state index in [0.717, 1.165) is 12.8 Å². The van der Waals surface area contributed by atoms with Gasteiger partial charge in [0.25, 0.3) is 0 Å². The lowest BCUT2D eigenvalue weighted by Gasteiger charge is -2.42. The first-order valence-corrected chi connectivity index (χ1v) is 14.8. The minimum Gasteiger partial charge on any atom is -0.465 e. The van der Waals surface area contributed by atoms with E-state index < -0.39 is 28.7 Å². The third kappa shape index (κ3) is 4.92. The zero-order valence-corrected chi connectivity index (χ0v) is 24.3. The summed E-state index contributed by atoms with van der Waals surface area (Å²) in [6.45, 7) is 15.9. The van der Waals surface area contributed by atoms with Crippen molar-refractivity contribution < 1.29 is 24.2 Å². The number of aliphatic hydroxyl groups is 1. The molecular weight excluding hydrogens is 544 g/mol. The van der Waals surface area contributed by atoms with Gasteiger partial charge >= 0.3 is 5.97 Å². The predicted molar refractivity (Wildman–Crippen MR) is 147 cm³/mol. The molecule has 2 bridgehead atoms. The second-order valence-corrected chi connectivity index (χ2v) is 13.3. The van der Waals surface area contributed by atoms with E-state index in [9.17, 15) is 19.5 Å². The standard InChI is InChI=1S/C27H41BrN2O5S/c1-7-10-13-35-26(34)20-21-24(32)30(19(15-31)16(4)5)23(27(21)14-18(28)22(20)36-27)25(33)29(12-9-3)17(6)11-8-2/h7,9,16-23,31H,1,3,8,10-15H2,2,4-6H3/t17?,18?,19-,20+,21-,22+,23?,27?/m0/s1. The van der Waals surface area contributed by atoms with Gasteiger partial charge in [0.1, 0.15) is 6.04 Å². The summed E-state index contributed by atoms with van der Waals surface area (Å²) >= 11 is 5.37. The second kappa shape index (κ2) is 12.0. The van der Waals surface area contributed by atoms with Crippen LogP contribution in [0.4, 0.5) is 0 Å². The van der Waals surface area contributed by atoms with Crippen molar-refractivity contribution >= 4 is 45.5 Å². The fourth-order valence-corrected chi connectivity index (χ4v) is 9.87. The van der Waals surface area contributed by atoms with Crippen LogP contribution in [0.5, 0.6) is 0 Å². The summed E-state index contributed by atoms with van der Waals surface area (Å²) < 4.78 is 4.81. The number of amides is 2. The largest absolute Gasteiger partial charge is 0.465 e. The topological polar surface area (TPSA) is 87.2 Å². The van der Waals surface area contributed by atoms with Gasteiger partial charge in [0.2, 0.25) is 11.8 Å². The molecule has 0 aromatic carbocycles. The molecule has 202 valence electrons. The molecule has 3 aliphatic rings. The normalized spacial score (nSPS) is 32.4. The van der Waals surface area contributed by atoms with E-state index in [1.807, 2.05) is 25.7 Å². The zero-order valence-electron chi connectivity index (χ0n) is 21.9. The number of carbonyl (C=O) groups is 3. The van der Waals surface area contributed by atoms with Crippen molar-refractivity contribution in [3.8, 4) is 0 Å². The number of aliphatic hydroxyl groups excluding tert-OH is 1. The van der Waals surface area contributed by atoms with Crippen molar-refractivity contribution in [2.45, 2.75) is 86.3 Å². The highest BCUT2D eigenvalue weighted by atomic mass is 79.9. The van der Waals surface area contributed by atoms with Crippen LogP contribution in [0.1, 0.15) is 53.4 Å². The van der Waals surface area contributed by atoms with E-state index in [-0.39, 0.29) is 53.0 Å². The van der Waals surface area contributed by atoms with Crippen LogP contribution in [-0.4, -0.2) is 85.4 Å². The van der Waals surface area contributed by atoms with Gasteiger partial charge in [-0.2, -0.15) is 0 Å². The molecule has 3 fully saturated rings. The second-order valence-electron chi connectivity index (χ2n) is 10.6. The third-order valence-corrected chi connectivity index (χ3v) is 11.2. The first-order valence-electron chi connectivity index (χ1n) is 13.0. The number of esters is 1. The third-order valence-electron chi connectivity index (χ3n) is 7.96. The zero-order chi connectivity index (χ0) is 26.8. The summed E-state index contributed by atoms with van der Waals surface area (Å²) in [5, 5.41) is 10.2. The highest BCUT2D eigenvalue weighted by Crippen LogP contribution is 2.68. The molecule has 0 aliphatic carbocycles. The highest BCUT2D eigenvalue weighted by Gasteiger charge is 2.76. The van der Waals surface area contributed by atoms with Crippen LogP contribution in [0.2, 0.25) is 0 Å². The van der Waals surface area contributed by atoms with E-state index in [1.54, 1.807) is 28.8 Å². The maximum absolute atomic E-state index is 14.4. The Bertz CT molecular complexity index is 869. The van der Waals surface area contributed by atoms with E-state index >= 15 is 0 Å². The first kappa shape index (κ1) is 29.2. The molecule has 1 N–H and O–H groups in total.